The van der Waals surface area contributed by atoms with Gasteiger partial charge in [-0.2, -0.15) is 0 Å². The SMILES string of the molecule is CCOC(=O)c1nnn(CCCCOC)c1C(F)F. The van der Waals surface area contributed by atoms with E-state index >= 15 is 0 Å². The third-order valence-corrected chi connectivity index (χ3v) is 2.42. The van der Waals surface area contributed by atoms with Crippen molar-refractivity contribution in [3.8, 4) is 0 Å². The van der Waals surface area contributed by atoms with Crippen molar-refractivity contribution in [2.24, 2.45) is 0 Å². The highest BCUT2D eigenvalue weighted by Crippen LogP contribution is 2.22. The fourth-order valence-corrected chi connectivity index (χ4v) is 1.55. The molecule has 0 aliphatic carbocycles. The van der Waals surface area contributed by atoms with Gasteiger partial charge in [0.1, 0.15) is 5.69 Å². The molecule has 19 heavy (non-hydrogen) atoms. The van der Waals surface area contributed by atoms with Crippen LogP contribution in [-0.2, 0) is 16.0 Å². The van der Waals surface area contributed by atoms with E-state index in [0.29, 0.717) is 19.4 Å². The van der Waals surface area contributed by atoms with Crippen LogP contribution in [-0.4, -0.2) is 41.3 Å². The van der Waals surface area contributed by atoms with Gasteiger partial charge in [0.2, 0.25) is 0 Å². The normalized spacial score (nSPS) is 11.0. The highest BCUT2D eigenvalue weighted by atomic mass is 19.3. The molecule has 6 nitrogen and oxygen atoms in total. The molecular weight excluding hydrogens is 260 g/mol. The van der Waals surface area contributed by atoms with E-state index in [1.165, 1.54) is 0 Å². The molecule has 0 radical (unpaired) electrons. The first-order valence-electron chi connectivity index (χ1n) is 5.99. The number of alkyl halides is 2. The number of esters is 1. The maximum atomic E-state index is 13.0. The molecule has 0 saturated heterocycles. The number of rotatable bonds is 8. The summed E-state index contributed by atoms with van der Waals surface area (Å²) in [6.07, 6.45) is -1.50. The van der Waals surface area contributed by atoms with Crippen molar-refractivity contribution in [1.29, 1.82) is 0 Å². The van der Waals surface area contributed by atoms with Gasteiger partial charge in [-0.3, -0.25) is 0 Å². The first kappa shape index (κ1) is 15.5. The number of aromatic nitrogens is 3. The summed E-state index contributed by atoms with van der Waals surface area (Å²) in [5, 5.41) is 7.07. The van der Waals surface area contributed by atoms with Crippen LogP contribution in [0.15, 0.2) is 0 Å². The van der Waals surface area contributed by atoms with Gasteiger partial charge >= 0.3 is 5.97 Å². The van der Waals surface area contributed by atoms with Gasteiger partial charge in [0, 0.05) is 20.3 Å². The molecule has 0 fully saturated rings. The Morgan fingerprint density at radius 2 is 2.16 bits per heavy atom. The van der Waals surface area contributed by atoms with Crippen LogP contribution in [0.2, 0.25) is 0 Å². The molecule has 1 aromatic rings. The number of hydrogen-bond acceptors (Lipinski definition) is 5. The van der Waals surface area contributed by atoms with Gasteiger partial charge < -0.3 is 9.47 Å². The van der Waals surface area contributed by atoms with Gasteiger partial charge in [-0.1, -0.05) is 5.21 Å². The Morgan fingerprint density at radius 1 is 1.42 bits per heavy atom. The molecule has 0 aliphatic heterocycles. The summed E-state index contributed by atoms with van der Waals surface area (Å²) in [5.41, 5.74) is -0.903. The number of methoxy groups -OCH3 is 1. The molecule has 0 aliphatic rings. The van der Waals surface area contributed by atoms with Gasteiger partial charge in [-0.05, 0) is 19.8 Å². The predicted octanol–water partition coefficient (Wildman–Crippen LogP) is 1.82. The second kappa shape index (κ2) is 7.78. The molecular formula is C11H17F2N3O3. The highest BCUT2D eigenvalue weighted by Gasteiger charge is 2.27. The molecule has 1 aromatic heterocycles. The molecule has 0 bridgehead atoms. The fourth-order valence-electron chi connectivity index (χ4n) is 1.55. The average molecular weight is 277 g/mol. The number of nitrogens with zero attached hydrogens (tertiary/aromatic N) is 3. The number of hydrogen-bond donors (Lipinski definition) is 0. The second-order valence-electron chi connectivity index (χ2n) is 3.77. The zero-order valence-corrected chi connectivity index (χ0v) is 10.9. The Hall–Kier alpha value is -1.57. The molecule has 8 heteroatoms. The number of ether oxygens (including phenoxy) is 2. The highest BCUT2D eigenvalue weighted by molar-refractivity contribution is 5.88. The predicted molar refractivity (Wildman–Crippen MR) is 62.0 cm³/mol. The van der Waals surface area contributed by atoms with E-state index in [0.717, 1.165) is 4.68 Å². The number of halogens is 2. The summed E-state index contributed by atoms with van der Waals surface area (Å²) in [6, 6.07) is 0. The van der Waals surface area contributed by atoms with Crippen LogP contribution in [0.1, 0.15) is 42.4 Å². The van der Waals surface area contributed by atoms with Crippen molar-refractivity contribution in [2.45, 2.75) is 32.7 Å². The van der Waals surface area contributed by atoms with Crippen LogP contribution in [0.3, 0.4) is 0 Å². The summed E-state index contributed by atoms with van der Waals surface area (Å²) < 4.78 is 36.5. The lowest BCUT2D eigenvalue weighted by Crippen LogP contribution is -2.12. The van der Waals surface area contributed by atoms with E-state index in [1.807, 2.05) is 0 Å². The largest absolute Gasteiger partial charge is 0.461 e. The lowest BCUT2D eigenvalue weighted by molar-refractivity contribution is 0.0506. The lowest BCUT2D eigenvalue weighted by Gasteiger charge is -2.06. The summed E-state index contributed by atoms with van der Waals surface area (Å²) in [4.78, 5) is 11.5. The molecule has 108 valence electrons. The molecule has 0 spiro atoms. The first-order chi connectivity index (χ1) is 9.11. The number of aryl methyl sites for hydroxylation is 1. The van der Waals surface area contributed by atoms with Gasteiger partial charge in [0.05, 0.1) is 6.61 Å². The molecule has 1 rings (SSSR count). The maximum Gasteiger partial charge on any atom is 0.361 e. The quantitative estimate of drug-likeness (QED) is 0.535. The average Bonchev–Trinajstić information content (AvgIpc) is 2.79. The second-order valence-corrected chi connectivity index (χ2v) is 3.77. The Kier molecular flexibility index (Phi) is 6.34. The first-order valence-corrected chi connectivity index (χ1v) is 5.99. The van der Waals surface area contributed by atoms with Gasteiger partial charge in [-0.25, -0.2) is 18.3 Å². The minimum Gasteiger partial charge on any atom is -0.461 e. The van der Waals surface area contributed by atoms with Crippen molar-refractivity contribution in [3.05, 3.63) is 11.4 Å². The number of carbonyl (C=O) groups is 1. The van der Waals surface area contributed by atoms with Crippen LogP contribution in [0.5, 0.6) is 0 Å². The third kappa shape index (κ3) is 4.23. The van der Waals surface area contributed by atoms with Gasteiger partial charge in [0.25, 0.3) is 6.43 Å². The lowest BCUT2D eigenvalue weighted by atomic mass is 10.3. The van der Waals surface area contributed by atoms with Crippen LogP contribution in [0.4, 0.5) is 8.78 Å². The van der Waals surface area contributed by atoms with Crippen molar-refractivity contribution in [2.75, 3.05) is 20.3 Å². The van der Waals surface area contributed by atoms with E-state index in [-0.39, 0.29) is 13.2 Å². The molecule has 0 unspecified atom stereocenters. The standard InChI is InChI=1S/C11H17F2N3O3/c1-3-19-11(17)8-9(10(12)13)16(15-14-8)6-4-5-7-18-2/h10H,3-7H2,1-2H3. The van der Waals surface area contributed by atoms with E-state index in [1.54, 1.807) is 14.0 Å². The summed E-state index contributed by atoms with van der Waals surface area (Å²) >= 11 is 0. The van der Waals surface area contributed by atoms with Gasteiger partial charge in [-0.15, -0.1) is 5.10 Å². The minimum atomic E-state index is -2.82. The van der Waals surface area contributed by atoms with E-state index in [9.17, 15) is 13.6 Å². The van der Waals surface area contributed by atoms with Crippen LogP contribution in [0, 0.1) is 0 Å². The zero-order valence-electron chi connectivity index (χ0n) is 10.9. The molecule has 0 saturated carbocycles. The maximum absolute atomic E-state index is 13.0. The van der Waals surface area contributed by atoms with Crippen molar-refractivity contribution >= 4 is 5.97 Å². The zero-order chi connectivity index (χ0) is 14.3. The van der Waals surface area contributed by atoms with E-state index in [4.69, 9.17) is 4.74 Å². The van der Waals surface area contributed by atoms with Crippen LogP contribution >= 0.6 is 0 Å². The van der Waals surface area contributed by atoms with Crippen LogP contribution in [0.25, 0.3) is 0 Å². The molecule has 0 N–H and O–H groups in total. The van der Waals surface area contributed by atoms with Crippen molar-refractivity contribution in [1.82, 2.24) is 15.0 Å². The van der Waals surface area contributed by atoms with Crippen LogP contribution < -0.4 is 0 Å². The molecule has 0 atom stereocenters. The Bertz CT molecular complexity index is 410. The van der Waals surface area contributed by atoms with E-state index in [2.05, 4.69) is 15.0 Å². The minimum absolute atomic E-state index is 0.0994. The van der Waals surface area contributed by atoms with E-state index < -0.39 is 23.8 Å². The Morgan fingerprint density at radius 3 is 2.74 bits per heavy atom. The van der Waals surface area contributed by atoms with Crippen molar-refractivity contribution < 1.29 is 23.0 Å². The Labute approximate surface area is 109 Å². The van der Waals surface area contributed by atoms with Crippen molar-refractivity contribution in [3.63, 3.8) is 0 Å². The third-order valence-electron chi connectivity index (χ3n) is 2.42. The monoisotopic (exact) mass is 277 g/mol. The molecule has 0 amide bonds. The smallest absolute Gasteiger partial charge is 0.361 e. The topological polar surface area (TPSA) is 66.2 Å². The fraction of sp³-hybridized carbons (Fsp3) is 0.727. The molecule has 0 aromatic carbocycles. The summed E-state index contributed by atoms with van der Waals surface area (Å²) in [7, 11) is 1.57. The summed E-state index contributed by atoms with van der Waals surface area (Å²) in [6.45, 7) is 2.50. The Balaban J connectivity index is 2.78. The molecule has 1 heterocycles. The number of carbonyl (C=O) groups excluding carboxylic acids is 1. The van der Waals surface area contributed by atoms with Gasteiger partial charge in [0.15, 0.2) is 5.69 Å². The number of unbranched alkanes of at least 4 members (excludes halogenated alkanes) is 1. The summed E-state index contributed by atoms with van der Waals surface area (Å²) in [5.74, 6) is -0.874.